The van der Waals surface area contributed by atoms with Gasteiger partial charge in [0.25, 0.3) is 0 Å². The largest absolute Gasteiger partial charge is 0.428 e. The first-order valence-electron chi connectivity index (χ1n) is 12.7. The summed E-state index contributed by atoms with van der Waals surface area (Å²) in [6, 6.07) is 15.0. The van der Waals surface area contributed by atoms with Gasteiger partial charge in [-0.1, -0.05) is 94.3 Å². The number of hydrogen-bond donors (Lipinski definition) is 0. The fourth-order valence-corrected chi connectivity index (χ4v) is 5.28. The number of hydrogen-bond acceptors (Lipinski definition) is 4. The van der Waals surface area contributed by atoms with Crippen LogP contribution in [0.15, 0.2) is 42.5 Å². The van der Waals surface area contributed by atoms with Crippen LogP contribution in [0.25, 0.3) is 10.8 Å². The van der Waals surface area contributed by atoms with Crippen molar-refractivity contribution in [2.24, 2.45) is 5.92 Å². The van der Waals surface area contributed by atoms with Gasteiger partial charge in [-0.05, 0) is 35.1 Å². The second-order valence-corrected chi connectivity index (χ2v) is 9.77. The van der Waals surface area contributed by atoms with E-state index in [9.17, 15) is 9.59 Å². The predicted octanol–water partition coefficient (Wildman–Crippen LogP) is 6.58. The Bertz CT molecular complexity index is 958. The molecule has 2 aromatic rings. The summed E-state index contributed by atoms with van der Waals surface area (Å²) < 4.78 is 10.4. The number of nitrogens with zero attached hydrogens (tertiary/aromatic N) is 1. The molecule has 0 bridgehead atoms. The Hall–Kier alpha value is -2.56. The minimum absolute atomic E-state index is 0.0519. The van der Waals surface area contributed by atoms with E-state index < -0.39 is 0 Å². The Kier molecular flexibility index (Phi) is 7.89. The summed E-state index contributed by atoms with van der Waals surface area (Å²) in [7, 11) is 0. The van der Waals surface area contributed by atoms with Crippen molar-refractivity contribution in [1.82, 2.24) is 4.90 Å². The summed E-state index contributed by atoms with van der Waals surface area (Å²) >= 11 is 0. The highest BCUT2D eigenvalue weighted by Crippen LogP contribution is 2.59. The van der Waals surface area contributed by atoms with Gasteiger partial charge in [-0.15, -0.1) is 0 Å². The molecule has 5 nitrogen and oxygen atoms in total. The molecule has 2 fully saturated rings. The van der Waals surface area contributed by atoms with Gasteiger partial charge in [-0.2, -0.15) is 0 Å². The predicted molar refractivity (Wildman–Crippen MR) is 130 cm³/mol. The van der Waals surface area contributed by atoms with E-state index in [4.69, 9.17) is 9.47 Å². The molecule has 1 heterocycles. The summed E-state index contributed by atoms with van der Waals surface area (Å²) in [6.07, 6.45) is 10.6. The highest BCUT2D eigenvalue weighted by Gasteiger charge is 2.62. The lowest BCUT2D eigenvalue weighted by Crippen LogP contribution is -2.34. The Balaban J connectivity index is 1.13. The molecule has 0 radical (unpaired) electrons. The normalized spacial score (nSPS) is 21.1. The van der Waals surface area contributed by atoms with Crippen LogP contribution >= 0.6 is 0 Å². The average molecular weight is 452 g/mol. The molecule has 1 aliphatic heterocycles. The molecule has 1 aliphatic carbocycles. The first-order valence-corrected chi connectivity index (χ1v) is 12.7. The van der Waals surface area contributed by atoms with Crippen molar-refractivity contribution < 1.29 is 19.1 Å². The number of carbonyl (C=O) groups is 2. The zero-order chi connectivity index (χ0) is 23.1. The second-order valence-electron chi connectivity index (χ2n) is 9.77. The molecule has 2 atom stereocenters. The van der Waals surface area contributed by atoms with E-state index in [-0.39, 0.29) is 24.3 Å². The van der Waals surface area contributed by atoms with E-state index in [2.05, 4.69) is 49.4 Å². The standard InChI is InChI=1S/C28H37NO4/c1-2-3-4-5-6-7-8-9-14-26(30)32-21-33-27(31)29-19-25-18-28(25,20-29)24-16-15-22-12-10-11-13-23(22)17-24/h10-13,15-17,25H,2-9,14,18-21H2,1H3/t25-,28+/m1/s1. The molecular formula is C28H37NO4. The quantitative estimate of drug-likeness (QED) is 0.208. The maximum Gasteiger partial charge on any atom is 0.412 e. The number of ether oxygens (including phenoxy) is 2. The van der Waals surface area contributed by atoms with Gasteiger partial charge in [0, 0.05) is 24.9 Å². The van der Waals surface area contributed by atoms with Gasteiger partial charge < -0.3 is 14.4 Å². The van der Waals surface area contributed by atoms with E-state index in [1.165, 1.54) is 54.9 Å². The zero-order valence-electron chi connectivity index (χ0n) is 19.9. The van der Waals surface area contributed by atoms with Gasteiger partial charge in [0.05, 0.1) is 0 Å². The topological polar surface area (TPSA) is 55.8 Å². The molecule has 0 N–H and O–H groups in total. The van der Waals surface area contributed by atoms with Crippen LogP contribution in [0, 0.1) is 5.92 Å². The number of amides is 1. The first-order chi connectivity index (χ1) is 16.1. The number of fused-ring (bicyclic) bond motifs is 2. The number of benzene rings is 2. The Labute approximate surface area is 197 Å². The molecule has 2 aromatic carbocycles. The molecule has 1 saturated carbocycles. The number of rotatable bonds is 12. The minimum Gasteiger partial charge on any atom is -0.428 e. The fourth-order valence-electron chi connectivity index (χ4n) is 5.28. The summed E-state index contributed by atoms with van der Waals surface area (Å²) in [5, 5.41) is 2.47. The molecule has 33 heavy (non-hydrogen) atoms. The first kappa shape index (κ1) is 23.6. The van der Waals surface area contributed by atoms with Gasteiger partial charge in [0.1, 0.15) is 0 Å². The van der Waals surface area contributed by atoms with Crippen LogP contribution in [0.4, 0.5) is 4.79 Å². The van der Waals surface area contributed by atoms with Crippen LogP contribution in [-0.4, -0.2) is 36.8 Å². The molecule has 4 rings (SSSR count). The average Bonchev–Trinajstić information content (AvgIpc) is 3.40. The van der Waals surface area contributed by atoms with Gasteiger partial charge in [-0.3, -0.25) is 4.79 Å². The Morgan fingerprint density at radius 2 is 1.67 bits per heavy atom. The minimum atomic E-state index is -0.387. The third kappa shape index (κ3) is 5.87. The lowest BCUT2D eigenvalue weighted by Gasteiger charge is -2.21. The van der Waals surface area contributed by atoms with Crippen molar-refractivity contribution in [3.05, 3.63) is 48.0 Å². The van der Waals surface area contributed by atoms with Crippen LogP contribution in [0.2, 0.25) is 0 Å². The van der Waals surface area contributed by atoms with Crippen LogP contribution < -0.4 is 0 Å². The third-order valence-corrected chi connectivity index (χ3v) is 7.37. The highest BCUT2D eigenvalue weighted by molar-refractivity contribution is 5.83. The molecule has 178 valence electrons. The monoisotopic (exact) mass is 451 g/mol. The van der Waals surface area contributed by atoms with Crippen molar-refractivity contribution in [3.63, 3.8) is 0 Å². The fraction of sp³-hybridized carbons (Fsp3) is 0.571. The lowest BCUT2D eigenvalue weighted by atomic mass is 9.93. The van der Waals surface area contributed by atoms with E-state index >= 15 is 0 Å². The van der Waals surface area contributed by atoms with Crippen molar-refractivity contribution in [3.8, 4) is 0 Å². The smallest absolute Gasteiger partial charge is 0.412 e. The molecule has 1 saturated heterocycles. The summed E-state index contributed by atoms with van der Waals surface area (Å²) in [4.78, 5) is 26.2. The summed E-state index contributed by atoms with van der Waals surface area (Å²) in [5.41, 5.74) is 1.36. The highest BCUT2D eigenvalue weighted by atomic mass is 16.7. The second kappa shape index (κ2) is 11.0. The van der Waals surface area contributed by atoms with Gasteiger partial charge in [-0.25, -0.2) is 4.79 Å². The molecule has 0 aromatic heterocycles. The Morgan fingerprint density at radius 3 is 2.45 bits per heavy atom. The summed E-state index contributed by atoms with van der Waals surface area (Å²) in [5.74, 6) is 0.196. The van der Waals surface area contributed by atoms with Crippen LogP contribution in [0.3, 0.4) is 0 Å². The molecule has 0 unspecified atom stereocenters. The van der Waals surface area contributed by atoms with Gasteiger partial charge in [0.2, 0.25) is 6.79 Å². The number of esters is 1. The van der Waals surface area contributed by atoms with E-state index in [1.54, 1.807) is 4.90 Å². The van der Waals surface area contributed by atoms with E-state index in [0.29, 0.717) is 25.4 Å². The van der Waals surface area contributed by atoms with E-state index in [0.717, 1.165) is 19.3 Å². The van der Waals surface area contributed by atoms with Crippen LogP contribution in [0.5, 0.6) is 0 Å². The number of carbonyl (C=O) groups excluding carboxylic acids is 2. The Morgan fingerprint density at radius 1 is 0.939 bits per heavy atom. The van der Waals surface area contributed by atoms with Crippen molar-refractivity contribution in [2.75, 3.05) is 19.9 Å². The zero-order valence-corrected chi connectivity index (χ0v) is 19.9. The molecule has 0 spiro atoms. The molecular weight excluding hydrogens is 414 g/mol. The van der Waals surface area contributed by atoms with E-state index in [1.807, 2.05) is 0 Å². The van der Waals surface area contributed by atoms with Crippen molar-refractivity contribution in [2.45, 2.75) is 76.5 Å². The molecule has 5 heteroatoms. The van der Waals surface area contributed by atoms with Crippen LogP contribution in [-0.2, 0) is 19.7 Å². The SMILES string of the molecule is CCCCCCCCCCC(=O)OCOC(=O)N1C[C@H]2C[C@@]2(c2ccc3ccccc3c2)C1. The van der Waals surface area contributed by atoms with Crippen molar-refractivity contribution >= 4 is 22.8 Å². The van der Waals surface area contributed by atoms with Crippen molar-refractivity contribution in [1.29, 1.82) is 0 Å². The summed E-state index contributed by atoms with van der Waals surface area (Å²) in [6.45, 7) is 3.30. The van der Waals surface area contributed by atoms with Gasteiger partial charge >= 0.3 is 12.1 Å². The molecule has 1 amide bonds. The number of unbranched alkanes of at least 4 members (excludes halogenated alkanes) is 7. The molecule has 2 aliphatic rings. The maximum absolute atomic E-state index is 12.5. The number of piperidine rings is 1. The lowest BCUT2D eigenvalue weighted by molar-refractivity contribution is -0.152. The number of likely N-dealkylation sites (tertiary alicyclic amines) is 1. The third-order valence-electron chi connectivity index (χ3n) is 7.37. The van der Waals surface area contributed by atoms with Crippen LogP contribution in [0.1, 0.15) is 76.7 Å². The maximum atomic E-state index is 12.5. The van der Waals surface area contributed by atoms with Gasteiger partial charge in [0.15, 0.2) is 0 Å².